The summed E-state index contributed by atoms with van der Waals surface area (Å²) in [5, 5.41) is 2.19. The predicted octanol–water partition coefficient (Wildman–Crippen LogP) is 5.04. The van der Waals surface area contributed by atoms with Gasteiger partial charge >= 0.3 is 0 Å². The molecule has 0 unspecified atom stereocenters. The number of para-hydroxylation sites is 1. The Hall–Kier alpha value is -3.31. The van der Waals surface area contributed by atoms with Crippen LogP contribution in [0.2, 0.25) is 10.0 Å². The lowest BCUT2D eigenvalue weighted by Crippen LogP contribution is -2.26. The smallest absolute Gasteiger partial charge is 0.290 e. The molecule has 5 rings (SSSR count). The first-order chi connectivity index (χ1) is 17.1. The molecule has 12 heteroatoms. The lowest BCUT2D eigenvalue weighted by molar-refractivity contribution is -0.116. The highest BCUT2D eigenvalue weighted by Crippen LogP contribution is 2.44. The van der Waals surface area contributed by atoms with Crippen molar-refractivity contribution in [1.29, 1.82) is 0 Å². The van der Waals surface area contributed by atoms with E-state index in [2.05, 4.69) is 10.0 Å². The number of hydrogen-bond donors (Lipinski definition) is 2. The van der Waals surface area contributed by atoms with Crippen LogP contribution in [0.4, 0.5) is 16.2 Å². The molecule has 8 nitrogen and oxygen atoms in total. The molecule has 0 radical (unpaired) electrons. The first kappa shape index (κ1) is 24.4. The third-order valence-corrected chi connectivity index (χ3v) is 8.49. The van der Waals surface area contributed by atoms with Gasteiger partial charge in [-0.2, -0.15) is 0 Å². The van der Waals surface area contributed by atoms with Crippen LogP contribution in [0.15, 0.2) is 76.5 Å². The largest absolute Gasteiger partial charge is 0.303 e. The molecule has 3 aromatic carbocycles. The van der Waals surface area contributed by atoms with Gasteiger partial charge in [-0.25, -0.2) is 8.42 Å². The van der Waals surface area contributed by atoms with E-state index in [1.54, 1.807) is 48.5 Å². The number of sulfonamides is 1. The number of nitrogens with one attached hydrogen (secondary N) is 2. The van der Waals surface area contributed by atoms with Crippen LogP contribution >= 0.6 is 35.0 Å². The van der Waals surface area contributed by atoms with Crippen molar-refractivity contribution in [1.82, 2.24) is 5.32 Å². The highest BCUT2D eigenvalue weighted by atomic mass is 35.5. The van der Waals surface area contributed by atoms with Crippen molar-refractivity contribution in [3.8, 4) is 0 Å². The fourth-order valence-corrected chi connectivity index (χ4v) is 6.05. The summed E-state index contributed by atoms with van der Waals surface area (Å²) < 4.78 is 28.6. The van der Waals surface area contributed by atoms with Gasteiger partial charge in [0.15, 0.2) is 0 Å². The second-order valence-electron chi connectivity index (χ2n) is 7.84. The Bertz CT molecular complexity index is 1590. The number of nitrogens with zero attached hydrogens (tertiary/aromatic N) is 1. The van der Waals surface area contributed by atoms with Crippen LogP contribution in [0.3, 0.4) is 0 Å². The van der Waals surface area contributed by atoms with Gasteiger partial charge < -0.3 is 4.90 Å². The highest BCUT2D eigenvalue weighted by Gasteiger charge is 2.40. The van der Waals surface area contributed by atoms with Crippen molar-refractivity contribution in [2.75, 3.05) is 9.62 Å². The van der Waals surface area contributed by atoms with Crippen LogP contribution in [-0.2, 0) is 26.2 Å². The number of thioether (sulfide) groups is 1. The Kier molecular flexibility index (Phi) is 6.29. The highest BCUT2D eigenvalue weighted by molar-refractivity contribution is 8.18. The topological polar surface area (TPSA) is 113 Å². The average Bonchev–Trinajstić information content (AvgIpc) is 3.30. The Morgan fingerprint density at radius 2 is 1.67 bits per heavy atom. The molecule has 2 aliphatic heterocycles. The second-order valence-corrected chi connectivity index (χ2v) is 11.3. The van der Waals surface area contributed by atoms with Crippen LogP contribution in [0, 0.1) is 0 Å². The molecule has 3 aromatic rings. The predicted molar refractivity (Wildman–Crippen MR) is 139 cm³/mol. The number of benzene rings is 3. The van der Waals surface area contributed by atoms with Crippen LogP contribution in [0.25, 0.3) is 5.57 Å². The zero-order valence-electron chi connectivity index (χ0n) is 18.1. The molecule has 0 spiro atoms. The maximum atomic E-state index is 13.5. The lowest BCUT2D eigenvalue weighted by Gasteiger charge is -2.18. The fourth-order valence-electron chi connectivity index (χ4n) is 3.87. The zero-order chi connectivity index (χ0) is 25.6. The standard InChI is InChI=1S/C24H15Cl2N3O5S2/c25-17-8-6-13(10-18(17)26)12-29-19-9-7-15(36(33,34)28-14-4-2-1-3-5-14)11-16(19)20(23(29)31)21-22(30)27-24(32)35-21/h1-11,28H,12H2,(H,27,30,32). The molecule has 0 atom stereocenters. The van der Waals surface area contributed by atoms with Gasteiger partial charge in [0, 0.05) is 11.3 Å². The molecule has 182 valence electrons. The van der Waals surface area contributed by atoms with E-state index < -0.39 is 27.1 Å². The lowest BCUT2D eigenvalue weighted by atomic mass is 10.1. The Balaban J connectivity index is 1.61. The number of carbonyl (C=O) groups excluding carboxylic acids is 3. The van der Waals surface area contributed by atoms with Gasteiger partial charge in [-0.1, -0.05) is 47.5 Å². The Morgan fingerprint density at radius 3 is 2.33 bits per heavy atom. The van der Waals surface area contributed by atoms with Gasteiger partial charge in [0.1, 0.15) is 0 Å². The molecule has 0 saturated carbocycles. The van der Waals surface area contributed by atoms with Gasteiger partial charge in [-0.15, -0.1) is 0 Å². The van der Waals surface area contributed by atoms with Crippen LogP contribution in [0.1, 0.15) is 11.1 Å². The number of halogens is 2. The molecule has 3 amide bonds. The van der Waals surface area contributed by atoms with Gasteiger partial charge in [0.05, 0.1) is 37.7 Å². The zero-order valence-corrected chi connectivity index (χ0v) is 21.3. The van der Waals surface area contributed by atoms with E-state index in [1.807, 2.05) is 0 Å². The normalized spacial score (nSPS) is 17.4. The summed E-state index contributed by atoms with van der Waals surface area (Å²) in [7, 11) is -4.02. The quantitative estimate of drug-likeness (QED) is 0.423. The number of rotatable bonds is 5. The summed E-state index contributed by atoms with van der Waals surface area (Å²) in [6.45, 7) is 0.0775. The number of imide groups is 1. The van der Waals surface area contributed by atoms with Gasteiger partial charge in [0.2, 0.25) is 0 Å². The molecule has 1 saturated heterocycles. The van der Waals surface area contributed by atoms with E-state index in [1.165, 1.54) is 23.1 Å². The molecule has 0 aliphatic carbocycles. The Morgan fingerprint density at radius 1 is 0.917 bits per heavy atom. The van der Waals surface area contributed by atoms with Crippen molar-refractivity contribution in [3.63, 3.8) is 0 Å². The summed E-state index contributed by atoms with van der Waals surface area (Å²) in [4.78, 5) is 39.1. The first-order valence-electron chi connectivity index (χ1n) is 10.4. The number of hydrogen-bond acceptors (Lipinski definition) is 6. The Labute approximate surface area is 220 Å². The summed E-state index contributed by atoms with van der Waals surface area (Å²) in [5.74, 6) is -1.26. The van der Waals surface area contributed by atoms with Crippen molar-refractivity contribution >= 4 is 79.0 Å². The van der Waals surface area contributed by atoms with E-state index in [4.69, 9.17) is 23.2 Å². The summed E-state index contributed by atoms with van der Waals surface area (Å²) >= 11 is 12.7. The first-order valence-corrected chi connectivity index (χ1v) is 13.4. The third kappa shape index (κ3) is 4.48. The third-order valence-electron chi connectivity index (χ3n) is 5.49. The molecule has 2 heterocycles. The SMILES string of the molecule is O=C1NC(=O)C(=C2C(=O)N(Cc3ccc(Cl)c(Cl)c3)c3ccc(S(=O)(=O)Nc4ccccc4)cc32)S1. The molecular weight excluding hydrogens is 545 g/mol. The van der Waals surface area contributed by atoms with Crippen molar-refractivity contribution < 1.29 is 22.8 Å². The van der Waals surface area contributed by atoms with Gasteiger partial charge in [-0.05, 0) is 59.8 Å². The van der Waals surface area contributed by atoms with Crippen molar-refractivity contribution in [2.24, 2.45) is 0 Å². The molecule has 2 N–H and O–H groups in total. The molecule has 0 aromatic heterocycles. The van der Waals surface area contributed by atoms with E-state index >= 15 is 0 Å². The van der Waals surface area contributed by atoms with Crippen LogP contribution in [0.5, 0.6) is 0 Å². The molecule has 1 fully saturated rings. The minimum absolute atomic E-state index is 0.0461. The number of anilines is 2. The van der Waals surface area contributed by atoms with E-state index in [-0.39, 0.29) is 27.5 Å². The van der Waals surface area contributed by atoms with Crippen molar-refractivity contribution in [3.05, 3.63) is 92.8 Å². The maximum absolute atomic E-state index is 13.5. The van der Waals surface area contributed by atoms with E-state index in [0.717, 1.165) is 0 Å². The minimum atomic E-state index is -4.02. The van der Waals surface area contributed by atoms with E-state index in [0.29, 0.717) is 38.7 Å². The monoisotopic (exact) mass is 559 g/mol. The van der Waals surface area contributed by atoms with Crippen LogP contribution in [-0.4, -0.2) is 25.5 Å². The van der Waals surface area contributed by atoms with Gasteiger partial charge in [-0.3, -0.25) is 24.4 Å². The van der Waals surface area contributed by atoms with E-state index in [9.17, 15) is 22.8 Å². The number of amides is 3. The summed E-state index contributed by atoms with van der Waals surface area (Å²) in [6, 6.07) is 17.5. The molecule has 36 heavy (non-hydrogen) atoms. The second kappa shape index (κ2) is 9.29. The number of carbonyl (C=O) groups is 3. The van der Waals surface area contributed by atoms with Gasteiger partial charge in [0.25, 0.3) is 27.1 Å². The molecule has 0 bridgehead atoms. The number of fused-ring (bicyclic) bond motifs is 1. The summed E-state index contributed by atoms with van der Waals surface area (Å²) in [6.07, 6.45) is 0. The average molecular weight is 560 g/mol. The maximum Gasteiger partial charge on any atom is 0.290 e. The van der Waals surface area contributed by atoms with Crippen molar-refractivity contribution in [2.45, 2.75) is 11.4 Å². The molecular formula is C24H15Cl2N3O5S2. The fraction of sp³-hybridized carbons (Fsp3) is 0.0417. The van der Waals surface area contributed by atoms with Crippen LogP contribution < -0.4 is 14.9 Å². The summed E-state index contributed by atoms with van der Waals surface area (Å²) in [5.41, 5.74) is 1.60. The molecule has 2 aliphatic rings. The minimum Gasteiger partial charge on any atom is -0.303 e.